The minimum Gasteiger partial charge on any atom is -0.478 e. The van der Waals surface area contributed by atoms with Gasteiger partial charge in [-0.3, -0.25) is 9.58 Å². The number of aromatic carboxylic acids is 1. The third-order valence-corrected chi connectivity index (χ3v) is 9.67. The van der Waals surface area contributed by atoms with Gasteiger partial charge in [-0.15, -0.1) is 0 Å². The van der Waals surface area contributed by atoms with E-state index in [0.717, 1.165) is 79.1 Å². The van der Waals surface area contributed by atoms with Crippen molar-refractivity contribution in [3.63, 3.8) is 0 Å². The van der Waals surface area contributed by atoms with Crippen LogP contribution >= 0.6 is 0 Å². The number of carbonyl (C=O) groups is 1. The van der Waals surface area contributed by atoms with Gasteiger partial charge in [-0.25, -0.2) is 14.8 Å². The second kappa shape index (κ2) is 11.6. The summed E-state index contributed by atoms with van der Waals surface area (Å²) < 4.78 is 16.1. The van der Waals surface area contributed by atoms with E-state index in [1.807, 2.05) is 29.9 Å². The molecule has 2 aliphatic heterocycles. The highest BCUT2D eigenvalue weighted by Crippen LogP contribution is 2.42. The van der Waals surface area contributed by atoms with Gasteiger partial charge in [0.05, 0.1) is 47.0 Å². The zero-order valence-electron chi connectivity index (χ0n) is 25.6. The molecule has 2 saturated heterocycles. The van der Waals surface area contributed by atoms with Crippen LogP contribution in [0.15, 0.2) is 54.6 Å². The summed E-state index contributed by atoms with van der Waals surface area (Å²) in [4.78, 5) is 23.9. The van der Waals surface area contributed by atoms with Crippen LogP contribution in [0.25, 0.3) is 21.9 Å². The zero-order valence-corrected chi connectivity index (χ0v) is 25.6. The van der Waals surface area contributed by atoms with E-state index >= 15 is 0 Å². The Bertz CT molecular complexity index is 1880. The molecule has 1 atom stereocenters. The lowest BCUT2D eigenvalue weighted by Gasteiger charge is -2.32. The van der Waals surface area contributed by atoms with Crippen molar-refractivity contribution >= 4 is 27.9 Å². The normalized spacial score (nSPS) is 19.3. The lowest BCUT2D eigenvalue weighted by Crippen LogP contribution is -2.35. The molecule has 0 unspecified atom stereocenters. The summed E-state index contributed by atoms with van der Waals surface area (Å²) in [6.07, 6.45) is 5.67. The quantitative estimate of drug-likeness (QED) is 0.218. The molecule has 45 heavy (non-hydrogen) atoms. The number of hydrogen-bond acceptors (Lipinski definition) is 7. The van der Waals surface area contributed by atoms with Crippen molar-refractivity contribution in [3.05, 3.63) is 82.9 Å². The minimum atomic E-state index is -0.926. The number of aromatic nitrogens is 5. The Labute approximate surface area is 261 Å². The fourth-order valence-electron chi connectivity index (χ4n) is 6.82. The van der Waals surface area contributed by atoms with E-state index < -0.39 is 5.97 Å². The molecule has 1 saturated carbocycles. The van der Waals surface area contributed by atoms with Crippen molar-refractivity contribution in [1.82, 2.24) is 29.2 Å². The molecule has 2 aromatic carbocycles. The molecule has 0 amide bonds. The van der Waals surface area contributed by atoms with E-state index in [1.165, 1.54) is 23.9 Å². The van der Waals surface area contributed by atoms with Gasteiger partial charge in [0.1, 0.15) is 12.4 Å². The first-order valence-corrected chi connectivity index (χ1v) is 16.1. The van der Waals surface area contributed by atoms with Crippen molar-refractivity contribution in [2.75, 3.05) is 19.7 Å². The summed E-state index contributed by atoms with van der Waals surface area (Å²) in [7, 11) is 2.02. The van der Waals surface area contributed by atoms with Gasteiger partial charge in [-0.1, -0.05) is 18.2 Å². The number of benzene rings is 2. The van der Waals surface area contributed by atoms with Crippen molar-refractivity contribution in [1.29, 1.82) is 0 Å². The number of rotatable bonds is 10. The van der Waals surface area contributed by atoms with Gasteiger partial charge in [0.15, 0.2) is 0 Å². The van der Waals surface area contributed by atoms with Gasteiger partial charge >= 0.3 is 5.97 Å². The maximum Gasteiger partial charge on any atom is 0.335 e. The molecule has 5 heterocycles. The Morgan fingerprint density at radius 1 is 0.978 bits per heavy atom. The van der Waals surface area contributed by atoms with Crippen LogP contribution in [0.4, 0.5) is 0 Å². The maximum atomic E-state index is 11.6. The van der Waals surface area contributed by atoms with E-state index in [9.17, 15) is 9.90 Å². The molecule has 0 radical (unpaired) electrons. The van der Waals surface area contributed by atoms with Crippen molar-refractivity contribution < 1.29 is 19.4 Å². The third kappa shape index (κ3) is 5.68. The largest absolute Gasteiger partial charge is 0.478 e. The number of aryl methyl sites for hydroxylation is 1. The predicted molar refractivity (Wildman–Crippen MR) is 170 cm³/mol. The van der Waals surface area contributed by atoms with Crippen molar-refractivity contribution in [2.45, 2.75) is 69.7 Å². The Kier molecular flexibility index (Phi) is 7.26. The number of imidazole rings is 1. The Balaban J connectivity index is 0.914. The van der Waals surface area contributed by atoms with Crippen LogP contribution in [0.3, 0.4) is 0 Å². The average molecular weight is 607 g/mol. The van der Waals surface area contributed by atoms with Gasteiger partial charge in [-0.2, -0.15) is 5.10 Å². The van der Waals surface area contributed by atoms with E-state index in [1.54, 1.807) is 12.1 Å². The number of carboxylic acids is 1. The molecule has 8 rings (SSSR count). The van der Waals surface area contributed by atoms with Crippen LogP contribution in [0.2, 0.25) is 0 Å². The predicted octanol–water partition coefficient (Wildman–Crippen LogP) is 5.64. The number of likely N-dealkylation sites (tertiary alicyclic amines) is 1. The number of fused-ring (bicyclic) bond motifs is 2. The SMILES string of the molecule is Cn1nc(C2CC2)c2ccc(COc3cccc(C4CCN(Cc5nc6ccc(C(=O)O)cc6n5C[C@@H]5CCO5)CC4)n3)cc21. The number of hydrogen-bond donors (Lipinski definition) is 1. The summed E-state index contributed by atoms with van der Waals surface area (Å²) in [5.41, 5.74) is 6.55. The number of piperidine rings is 1. The van der Waals surface area contributed by atoms with Gasteiger partial charge in [0, 0.05) is 42.6 Å². The molecule has 3 aromatic heterocycles. The van der Waals surface area contributed by atoms with Crippen LogP contribution in [0.5, 0.6) is 5.88 Å². The lowest BCUT2D eigenvalue weighted by atomic mass is 9.93. The second-order valence-corrected chi connectivity index (χ2v) is 12.8. The minimum absolute atomic E-state index is 0.152. The van der Waals surface area contributed by atoms with Gasteiger partial charge < -0.3 is 19.1 Å². The van der Waals surface area contributed by atoms with E-state index in [2.05, 4.69) is 33.7 Å². The van der Waals surface area contributed by atoms with Crippen LogP contribution in [0.1, 0.15) is 77.1 Å². The van der Waals surface area contributed by atoms with Crippen LogP contribution in [0, 0.1) is 0 Å². The molecule has 0 bridgehead atoms. The summed E-state index contributed by atoms with van der Waals surface area (Å²) in [5, 5.41) is 15.6. The number of carboxylic acid groups (broad SMARTS) is 1. The summed E-state index contributed by atoms with van der Waals surface area (Å²) in [6.45, 7) is 4.54. The molecular formula is C35H38N6O4. The lowest BCUT2D eigenvalue weighted by molar-refractivity contribution is -0.0592. The second-order valence-electron chi connectivity index (χ2n) is 12.8. The van der Waals surface area contributed by atoms with Gasteiger partial charge in [0.25, 0.3) is 0 Å². The van der Waals surface area contributed by atoms with Crippen molar-refractivity contribution in [2.24, 2.45) is 7.05 Å². The van der Waals surface area contributed by atoms with Crippen molar-refractivity contribution in [3.8, 4) is 5.88 Å². The first-order valence-electron chi connectivity index (χ1n) is 16.1. The van der Waals surface area contributed by atoms with Gasteiger partial charge in [-0.05, 0) is 81.1 Å². The molecule has 1 aliphatic carbocycles. The first-order chi connectivity index (χ1) is 22.0. The standard InChI is InChI=1S/C35H38N6O4/c1-39-30-17-22(5-9-27(30)34(38-39)24-6-7-24)21-45-33-4-2-3-28(37-33)23-11-14-40(15-12-23)20-32-36-29-10-8-25(35(42)43)18-31(29)41(32)19-26-13-16-44-26/h2-5,8-10,17-18,23-24,26H,6-7,11-16,19-21H2,1H3,(H,42,43)/t26-/m0/s1. The fourth-order valence-corrected chi connectivity index (χ4v) is 6.82. The molecule has 3 fully saturated rings. The van der Waals surface area contributed by atoms with Crippen LogP contribution < -0.4 is 4.74 Å². The van der Waals surface area contributed by atoms with Crippen LogP contribution in [-0.4, -0.2) is 66.1 Å². The van der Waals surface area contributed by atoms with E-state index in [0.29, 0.717) is 30.9 Å². The first kappa shape index (κ1) is 28.2. The highest BCUT2D eigenvalue weighted by atomic mass is 16.5. The summed E-state index contributed by atoms with van der Waals surface area (Å²) in [5.74, 6) is 1.69. The van der Waals surface area contributed by atoms with Gasteiger partial charge in [0.2, 0.25) is 5.88 Å². The third-order valence-electron chi connectivity index (χ3n) is 9.67. The molecule has 10 heteroatoms. The fraction of sp³-hybridized carbons (Fsp3) is 0.429. The summed E-state index contributed by atoms with van der Waals surface area (Å²) in [6, 6.07) is 17.8. The Morgan fingerprint density at radius 2 is 1.82 bits per heavy atom. The van der Waals surface area contributed by atoms with Crippen LogP contribution in [-0.2, 0) is 31.5 Å². The highest BCUT2D eigenvalue weighted by molar-refractivity contribution is 5.92. The van der Waals surface area contributed by atoms with E-state index in [4.69, 9.17) is 24.5 Å². The smallest absolute Gasteiger partial charge is 0.335 e. The molecular weight excluding hydrogens is 568 g/mol. The molecule has 0 spiro atoms. The molecule has 232 valence electrons. The zero-order chi connectivity index (χ0) is 30.5. The molecule has 5 aromatic rings. The molecule has 3 aliphatic rings. The summed E-state index contributed by atoms with van der Waals surface area (Å²) >= 11 is 0. The Hall–Kier alpha value is -4.28. The maximum absolute atomic E-state index is 11.6. The number of nitrogens with zero attached hydrogens (tertiary/aromatic N) is 6. The molecule has 1 N–H and O–H groups in total. The number of pyridine rings is 1. The Morgan fingerprint density at radius 3 is 2.58 bits per heavy atom. The topological polar surface area (TPSA) is 108 Å². The highest BCUT2D eigenvalue weighted by Gasteiger charge is 2.29. The number of ether oxygens (including phenoxy) is 2. The molecule has 10 nitrogen and oxygen atoms in total. The monoisotopic (exact) mass is 606 g/mol. The van der Waals surface area contributed by atoms with E-state index in [-0.39, 0.29) is 11.7 Å². The average Bonchev–Trinajstić information content (AvgIpc) is 3.75.